The van der Waals surface area contributed by atoms with E-state index >= 15 is 0 Å². The highest BCUT2D eigenvalue weighted by Crippen LogP contribution is 2.21. The molecule has 0 unspecified atom stereocenters. The molecule has 2 rings (SSSR count). The number of amides is 1. The molecule has 1 aromatic rings. The minimum atomic E-state index is -0.691. The SMILES string of the molecule is O=CN1Cc2cnc(C(=O)OCl)cc2C1. The quantitative estimate of drug-likeness (QED) is 0.702. The average Bonchev–Trinajstić information content (AvgIpc) is 2.69. The third-order valence-corrected chi connectivity index (χ3v) is 2.40. The summed E-state index contributed by atoms with van der Waals surface area (Å²) in [6.07, 6.45) is 2.32. The zero-order valence-corrected chi connectivity index (χ0v) is 8.40. The predicted octanol–water partition coefficient (Wildman–Crippen LogP) is 0.864. The van der Waals surface area contributed by atoms with Crippen molar-refractivity contribution >= 4 is 24.2 Å². The lowest BCUT2D eigenvalue weighted by atomic mass is 10.1. The van der Waals surface area contributed by atoms with Crippen molar-refractivity contribution in [1.29, 1.82) is 0 Å². The van der Waals surface area contributed by atoms with Gasteiger partial charge in [0, 0.05) is 19.3 Å². The van der Waals surface area contributed by atoms with Crippen molar-refractivity contribution in [3.05, 3.63) is 29.1 Å². The molecule has 0 aliphatic carbocycles. The first-order valence-electron chi connectivity index (χ1n) is 4.24. The van der Waals surface area contributed by atoms with Gasteiger partial charge in [-0.05, 0) is 17.2 Å². The van der Waals surface area contributed by atoms with Gasteiger partial charge in [0.05, 0.1) is 0 Å². The number of carbonyl (C=O) groups excluding carboxylic acids is 2. The van der Waals surface area contributed by atoms with Crippen LogP contribution in [-0.4, -0.2) is 22.3 Å². The van der Waals surface area contributed by atoms with Crippen molar-refractivity contribution in [2.24, 2.45) is 0 Å². The number of carbonyl (C=O) groups is 2. The van der Waals surface area contributed by atoms with Crippen LogP contribution in [0.15, 0.2) is 12.3 Å². The van der Waals surface area contributed by atoms with Gasteiger partial charge in [0.25, 0.3) is 0 Å². The van der Waals surface area contributed by atoms with Crippen LogP contribution in [0.2, 0.25) is 0 Å². The van der Waals surface area contributed by atoms with Crippen LogP contribution in [0.4, 0.5) is 0 Å². The fourth-order valence-corrected chi connectivity index (χ4v) is 1.61. The number of fused-ring (bicyclic) bond motifs is 1. The Hall–Kier alpha value is -1.62. The summed E-state index contributed by atoms with van der Waals surface area (Å²) in [4.78, 5) is 27.1. The third-order valence-electron chi connectivity index (χ3n) is 2.26. The lowest BCUT2D eigenvalue weighted by Crippen LogP contribution is -2.12. The second kappa shape index (κ2) is 3.86. The van der Waals surface area contributed by atoms with E-state index in [1.165, 1.54) is 0 Å². The summed E-state index contributed by atoms with van der Waals surface area (Å²) < 4.78 is 4.04. The van der Waals surface area contributed by atoms with Crippen molar-refractivity contribution < 1.29 is 13.9 Å². The summed E-state index contributed by atoms with van der Waals surface area (Å²) in [5, 5.41) is 0. The van der Waals surface area contributed by atoms with E-state index in [4.69, 9.17) is 11.9 Å². The summed E-state index contributed by atoms with van der Waals surface area (Å²) in [5.74, 6) is -0.691. The molecule has 0 radical (unpaired) electrons. The smallest absolute Gasteiger partial charge is 0.342 e. The van der Waals surface area contributed by atoms with Gasteiger partial charge >= 0.3 is 5.97 Å². The number of aromatic nitrogens is 1. The Balaban J connectivity index is 2.30. The maximum atomic E-state index is 11.1. The molecule has 5 nitrogen and oxygen atoms in total. The van der Waals surface area contributed by atoms with Crippen molar-refractivity contribution in [3.63, 3.8) is 0 Å². The molecule has 0 saturated carbocycles. The Kier molecular flexibility index (Phi) is 2.55. The van der Waals surface area contributed by atoms with Crippen LogP contribution in [0.3, 0.4) is 0 Å². The van der Waals surface area contributed by atoms with Crippen molar-refractivity contribution in [1.82, 2.24) is 9.88 Å². The molecule has 0 atom stereocenters. The van der Waals surface area contributed by atoms with Gasteiger partial charge in [-0.2, -0.15) is 0 Å². The molecule has 2 heterocycles. The first kappa shape index (κ1) is 9.92. The molecule has 78 valence electrons. The van der Waals surface area contributed by atoms with Gasteiger partial charge in [-0.3, -0.25) is 4.79 Å². The Labute approximate surface area is 90.8 Å². The topological polar surface area (TPSA) is 59.5 Å². The average molecular weight is 227 g/mol. The molecule has 1 amide bonds. The largest absolute Gasteiger partial charge is 0.374 e. The summed E-state index contributed by atoms with van der Waals surface area (Å²) in [5.41, 5.74) is 1.99. The van der Waals surface area contributed by atoms with Crippen molar-refractivity contribution in [2.75, 3.05) is 0 Å². The normalized spacial score (nSPS) is 13.5. The van der Waals surface area contributed by atoms with E-state index in [2.05, 4.69) is 9.27 Å². The van der Waals surface area contributed by atoms with E-state index in [0.717, 1.165) is 17.5 Å². The minimum Gasteiger partial charge on any atom is -0.342 e. The van der Waals surface area contributed by atoms with E-state index in [1.54, 1.807) is 17.2 Å². The molecule has 15 heavy (non-hydrogen) atoms. The Morgan fingerprint density at radius 1 is 1.53 bits per heavy atom. The van der Waals surface area contributed by atoms with Gasteiger partial charge in [-0.1, -0.05) is 0 Å². The molecule has 1 aromatic heterocycles. The molecule has 0 spiro atoms. The highest BCUT2D eigenvalue weighted by atomic mass is 35.5. The first-order chi connectivity index (χ1) is 7.24. The summed E-state index contributed by atoms with van der Waals surface area (Å²) in [6.45, 7) is 1.02. The predicted molar refractivity (Wildman–Crippen MR) is 50.8 cm³/mol. The summed E-state index contributed by atoms with van der Waals surface area (Å²) in [6, 6.07) is 1.59. The van der Waals surface area contributed by atoms with Crippen LogP contribution in [0.1, 0.15) is 21.6 Å². The standard InChI is InChI=1S/C9H7ClN2O3/c10-15-9(14)8-1-6-3-12(5-13)4-7(6)2-11-8/h1-2,5H,3-4H2. The highest BCUT2D eigenvalue weighted by molar-refractivity contribution is 6.15. The Bertz CT molecular complexity index is 422. The van der Waals surface area contributed by atoms with Gasteiger partial charge in [-0.15, -0.1) is 0 Å². The third kappa shape index (κ3) is 1.78. The van der Waals surface area contributed by atoms with E-state index in [0.29, 0.717) is 13.1 Å². The number of pyridine rings is 1. The fourth-order valence-electron chi connectivity index (χ4n) is 1.53. The minimum absolute atomic E-state index is 0.150. The lowest BCUT2D eigenvalue weighted by Gasteiger charge is -2.04. The summed E-state index contributed by atoms with van der Waals surface area (Å²) in [7, 11) is 0. The Morgan fingerprint density at radius 3 is 2.93 bits per heavy atom. The fraction of sp³-hybridized carbons (Fsp3) is 0.222. The molecule has 1 aliphatic heterocycles. The molecule has 1 aliphatic rings. The zero-order chi connectivity index (χ0) is 10.8. The molecule has 6 heteroatoms. The number of rotatable bonds is 2. The van der Waals surface area contributed by atoms with Crippen LogP contribution < -0.4 is 0 Å². The molecule has 0 bridgehead atoms. The van der Waals surface area contributed by atoms with E-state index < -0.39 is 5.97 Å². The second-order valence-corrected chi connectivity index (χ2v) is 3.37. The zero-order valence-electron chi connectivity index (χ0n) is 7.64. The van der Waals surface area contributed by atoms with Gasteiger partial charge in [0.15, 0.2) is 0 Å². The van der Waals surface area contributed by atoms with E-state index in [9.17, 15) is 9.59 Å². The molecule has 0 fully saturated rings. The van der Waals surface area contributed by atoms with Crippen LogP contribution in [0.25, 0.3) is 0 Å². The van der Waals surface area contributed by atoms with Crippen LogP contribution in [-0.2, 0) is 22.2 Å². The maximum absolute atomic E-state index is 11.1. The first-order valence-corrected chi connectivity index (χ1v) is 4.55. The van der Waals surface area contributed by atoms with Crippen molar-refractivity contribution in [2.45, 2.75) is 13.1 Å². The van der Waals surface area contributed by atoms with Gasteiger partial charge in [-0.25, -0.2) is 9.78 Å². The molecule has 0 aromatic carbocycles. The van der Waals surface area contributed by atoms with E-state index in [-0.39, 0.29) is 5.69 Å². The lowest BCUT2D eigenvalue weighted by molar-refractivity contribution is -0.118. The van der Waals surface area contributed by atoms with Crippen LogP contribution in [0, 0.1) is 0 Å². The molecular formula is C9H7ClN2O3. The maximum Gasteiger partial charge on any atom is 0.374 e. The highest BCUT2D eigenvalue weighted by Gasteiger charge is 2.20. The molecule has 0 N–H and O–H groups in total. The van der Waals surface area contributed by atoms with Crippen LogP contribution >= 0.6 is 11.9 Å². The van der Waals surface area contributed by atoms with Crippen LogP contribution in [0.5, 0.6) is 0 Å². The second-order valence-electron chi connectivity index (χ2n) is 3.21. The number of hydrogen-bond donors (Lipinski definition) is 0. The number of nitrogens with zero attached hydrogens (tertiary/aromatic N) is 2. The summed E-state index contributed by atoms with van der Waals surface area (Å²) >= 11 is 4.94. The van der Waals surface area contributed by atoms with Gasteiger partial charge in [0.1, 0.15) is 17.6 Å². The number of halogens is 1. The molecule has 0 saturated heterocycles. The Morgan fingerprint density at radius 2 is 2.27 bits per heavy atom. The monoisotopic (exact) mass is 226 g/mol. The molecular weight excluding hydrogens is 220 g/mol. The van der Waals surface area contributed by atoms with Gasteiger partial charge in [0.2, 0.25) is 6.41 Å². The van der Waals surface area contributed by atoms with Crippen molar-refractivity contribution in [3.8, 4) is 0 Å². The van der Waals surface area contributed by atoms with Gasteiger partial charge < -0.3 is 9.19 Å². The number of hydrogen-bond acceptors (Lipinski definition) is 4. The van der Waals surface area contributed by atoms with E-state index in [1.807, 2.05) is 0 Å².